The minimum atomic E-state index is -0.291. The molecule has 0 saturated heterocycles. The zero-order valence-corrected chi connectivity index (χ0v) is 16.7. The maximum Gasteiger partial charge on any atom is 0.251 e. The van der Waals surface area contributed by atoms with Crippen molar-refractivity contribution in [2.75, 3.05) is 25.0 Å². The number of anilines is 1. The van der Waals surface area contributed by atoms with Crippen LogP contribution < -0.4 is 20.7 Å². The van der Waals surface area contributed by atoms with Crippen LogP contribution in [0.3, 0.4) is 0 Å². The molecule has 0 aromatic heterocycles. The minimum Gasteiger partial charge on any atom is -0.494 e. The van der Waals surface area contributed by atoms with E-state index in [0.717, 1.165) is 5.69 Å². The Balaban J connectivity index is 1.78. The summed E-state index contributed by atoms with van der Waals surface area (Å²) in [5, 5.41) is 8.95. The molecule has 0 heterocycles. The molecule has 150 valence electrons. The second kappa shape index (κ2) is 11.0. The quantitative estimate of drug-likeness (QED) is 0.589. The Morgan fingerprint density at radius 2 is 1.64 bits per heavy atom. The summed E-state index contributed by atoms with van der Waals surface area (Å²) in [4.78, 5) is 24.3. The van der Waals surface area contributed by atoms with Gasteiger partial charge in [0, 0.05) is 23.8 Å². The Morgan fingerprint density at radius 3 is 2.25 bits per heavy atom. The number of hydrogen-bond donors (Lipinski definition) is 3. The van der Waals surface area contributed by atoms with Gasteiger partial charge in [0.05, 0.1) is 13.2 Å². The molecule has 0 radical (unpaired) electrons. The number of benzene rings is 2. The highest BCUT2D eigenvalue weighted by Crippen LogP contribution is 2.12. The van der Waals surface area contributed by atoms with Crippen LogP contribution in [0.1, 0.15) is 31.1 Å². The van der Waals surface area contributed by atoms with E-state index in [1.165, 1.54) is 0 Å². The molecule has 0 fully saturated rings. The number of amides is 2. The van der Waals surface area contributed by atoms with Gasteiger partial charge in [0.15, 0.2) is 0 Å². The number of carbonyl (C=O) groups excluding carboxylic acids is 2. The van der Waals surface area contributed by atoms with Gasteiger partial charge >= 0.3 is 0 Å². The SMILES string of the molecule is CCOc1ccc(C(=O)NCC(=O)NCC(Nc2ccccc2)C(C)C)cc1. The maximum atomic E-state index is 12.2. The summed E-state index contributed by atoms with van der Waals surface area (Å²) in [5.41, 5.74) is 1.50. The van der Waals surface area contributed by atoms with Crippen LogP contribution in [0, 0.1) is 5.92 Å². The van der Waals surface area contributed by atoms with Crippen molar-refractivity contribution in [1.82, 2.24) is 10.6 Å². The summed E-state index contributed by atoms with van der Waals surface area (Å²) in [6.07, 6.45) is 0. The van der Waals surface area contributed by atoms with Crippen molar-refractivity contribution in [1.29, 1.82) is 0 Å². The molecule has 0 saturated carbocycles. The van der Waals surface area contributed by atoms with E-state index in [1.807, 2.05) is 37.3 Å². The molecule has 2 rings (SSSR count). The van der Waals surface area contributed by atoms with Gasteiger partial charge in [0.25, 0.3) is 5.91 Å². The van der Waals surface area contributed by atoms with Crippen molar-refractivity contribution in [3.8, 4) is 5.75 Å². The van der Waals surface area contributed by atoms with Crippen molar-refractivity contribution >= 4 is 17.5 Å². The normalized spacial score (nSPS) is 11.6. The van der Waals surface area contributed by atoms with Gasteiger partial charge in [-0.05, 0) is 49.2 Å². The number of carbonyl (C=O) groups is 2. The van der Waals surface area contributed by atoms with E-state index in [-0.39, 0.29) is 24.4 Å². The van der Waals surface area contributed by atoms with Gasteiger partial charge in [-0.3, -0.25) is 9.59 Å². The fourth-order valence-electron chi connectivity index (χ4n) is 2.62. The van der Waals surface area contributed by atoms with Crippen LogP contribution in [-0.4, -0.2) is 37.6 Å². The monoisotopic (exact) mass is 383 g/mol. The summed E-state index contributed by atoms with van der Waals surface area (Å²) in [5.74, 6) is 0.530. The van der Waals surface area contributed by atoms with Crippen LogP contribution in [0.4, 0.5) is 5.69 Å². The van der Waals surface area contributed by atoms with E-state index in [4.69, 9.17) is 4.74 Å². The molecular weight excluding hydrogens is 354 g/mol. The average molecular weight is 383 g/mol. The number of hydrogen-bond acceptors (Lipinski definition) is 4. The number of nitrogens with one attached hydrogen (secondary N) is 3. The molecule has 2 amide bonds. The highest BCUT2D eigenvalue weighted by Gasteiger charge is 2.15. The summed E-state index contributed by atoms with van der Waals surface area (Å²) in [6, 6.07) is 16.8. The molecule has 0 spiro atoms. The van der Waals surface area contributed by atoms with E-state index >= 15 is 0 Å². The van der Waals surface area contributed by atoms with Crippen LogP contribution >= 0.6 is 0 Å². The van der Waals surface area contributed by atoms with Gasteiger partial charge in [0.2, 0.25) is 5.91 Å². The fraction of sp³-hybridized carbons (Fsp3) is 0.364. The van der Waals surface area contributed by atoms with Crippen LogP contribution in [-0.2, 0) is 4.79 Å². The predicted molar refractivity (Wildman–Crippen MR) is 112 cm³/mol. The Bertz CT molecular complexity index is 745. The second-order valence-electron chi connectivity index (χ2n) is 6.81. The molecule has 2 aromatic rings. The molecule has 2 aromatic carbocycles. The average Bonchev–Trinajstić information content (AvgIpc) is 2.70. The third kappa shape index (κ3) is 6.95. The second-order valence-corrected chi connectivity index (χ2v) is 6.81. The van der Waals surface area contributed by atoms with Gasteiger partial charge in [-0.1, -0.05) is 32.0 Å². The molecule has 6 nitrogen and oxygen atoms in total. The van der Waals surface area contributed by atoms with Crippen molar-refractivity contribution in [3.63, 3.8) is 0 Å². The van der Waals surface area contributed by atoms with Gasteiger partial charge in [-0.2, -0.15) is 0 Å². The molecule has 3 N–H and O–H groups in total. The Kier molecular flexibility index (Phi) is 8.34. The van der Waals surface area contributed by atoms with Crippen molar-refractivity contribution in [2.24, 2.45) is 5.92 Å². The highest BCUT2D eigenvalue weighted by atomic mass is 16.5. The lowest BCUT2D eigenvalue weighted by atomic mass is 10.0. The van der Waals surface area contributed by atoms with Crippen molar-refractivity contribution in [2.45, 2.75) is 26.8 Å². The third-order valence-electron chi connectivity index (χ3n) is 4.29. The Morgan fingerprint density at radius 1 is 0.964 bits per heavy atom. The minimum absolute atomic E-state index is 0.0673. The van der Waals surface area contributed by atoms with Gasteiger partial charge in [-0.15, -0.1) is 0 Å². The first-order valence-electron chi connectivity index (χ1n) is 9.59. The largest absolute Gasteiger partial charge is 0.494 e. The number of ether oxygens (including phenoxy) is 1. The van der Waals surface area contributed by atoms with Gasteiger partial charge < -0.3 is 20.7 Å². The van der Waals surface area contributed by atoms with Crippen molar-refractivity contribution in [3.05, 3.63) is 60.2 Å². The van der Waals surface area contributed by atoms with E-state index in [0.29, 0.717) is 30.4 Å². The summed E-state index contributed by atoms with van der Waals surface area (Å²) >= 11 is 0. The van der Waals surface area contributed by atoms with Gasteiger partial charge in [0.1, 0.15) is 5.75 Å². The highest BCUT2D eigenvalue weighted by molar-refractivity contribution is 5.96. The molecule has 0 aliphatic rings. The summed E-state index contributed by atoms with van der Waals surface area (Å²) in [7, 11) is 0. The zero-order chi connectivity index (χ0) is 20.4. The standard InChI is InChI=1S/C22H29N3O3/c1-4-28-19-12-10-17(11-13-19)22(27)24-15-21(26)23-14-20(16(2)3)25-18-8-6-5-7-9-18/h5-13,16,20,25H,4,14-15H2,1-3H3,(H,23,26)(H,24,27). The van der Waals surface area contributed by atoms with Crippen LogP contribution in [0.25, 0.3) is 0 Å². The van der Waals surface area contributed by atoms with Crippen molar-refractivity contribution < 1.29 is 14.3 Å². The van der Waals surface area contributed by atoms with Gasteiger partial charge in [-0.25, -0.2) is 0 Å². The number of rotatable bonds is 10. The lowest BCUT2D eigenvalue weighted by molar-refractivity contribution is -0.120. The zero-order valence-electron chi connectivity index (χ0n) is 16.7. The molecule has 0 bridgehead atoms. The Hall–Kier alpha value is -3.02. The fourth-order valence-corrected chi connectivity index (χ4v) is 2.62. The van der Waals surface area contributed by atoms with E-state index in [1.54, 1.807) is 24.3 Å². The first-order chi connectivity index (χ1) is 13.5. The molecule has 0 aliphatic heterocycles. The van der Waals surface area contributed by atoms with E-state index < -0.39 is 0 Å². The molecule has 1 unspecified atom stereocenters. The van der Waals surface area contributed by atoms with Crippen LogP contribution in [0.5, 0.6) is 5.75 Å². The third-order valence-corrected chi connectivity index (χ3v) is 4.29. The molecule has 28 heavy (non-hydrogen) atoms. The topological polar surface area (TPSA) is 79.5 Å². The van der Waals surface area contributed by atoms with Crippen LogP contribution in [0.15, 0.2) is 54.6 Å². The first-order valence-corrected chi connectivity index (χ1v) is 9.59. The first kappa shape index (κ1) is 21.3. The predicted octanol–water partition coefficient (Wildman–Crippen LogP) is 3.07. The molecular formula is C22H29N3O3. The lowest BCUT2D eigenvalue weighted by Crippen LogP contribution is -2.43. The smallest absolute Gasteiger partial charge is 0.251 e. The lowest BCUT2D eigenvalue weighted by Gasteiger charge is -2.24. The molecule has 1 atom stereocenters. The number of para-hydroxylation sites is 1. The molecule has 0 aliphatic carbocycles. The van der Waals surface area contributed by atoms with E-state index in [2.05, 4.69) is 29.8 Å². The Labute approximate surface area is 166 Å². The summed E-state index contributed by atoms with van der Waals surface area (Å²) in [6.45, 7) is 7.08. The van der Waals surface area contributed by atoms with E-state index in [9.17, 15) is 9.59 Å². The molecule has 6 heteroatoms. The summed E-state index contributed by atoms with van der Waals surface area (Å²) < 4.78 is 5.35. The van der Waals surface area contributed by atoms with Crippen LogP contribution in [0.2, 0.25) is 0 Å². The maximum absolute atomic E-state index is 12.2.